The summed E-state index contributed by atoms with van der Waals surface area (Å²) < 4.78 is 0. The van der Waals surface area contributed by atoms with Crippen molar-refractivity contribution in [1.82, 2.24) is 9.97 Å². The van der Waals surface area contributed by atoms with Crippen LogP contribution in [0.4, 0.5) is 0 Å². The zero-order valence-corrected chi connectivity index (χ0v) is 13.3. The summed E-state index contributed by atoms with van der Waals surface area (Å²) in [5.41, 5.74) is 9.95. The molecule has 0 amide bonds. The molecule has 2 aromatic carbocycles. The molecule has 0 bridgehead atoms. The molecular formula is C19H20N4. The van der Waals surface area contributed by atoms with Crippen LogP contribution < -0.4 is 5.73 Å². The van der Waals surface area contributed by atoms with Crippen LogP contribution >= 0.6 is 0 Å². The molecular weight excluding hydrogens is 284 g/mol. The van der Waals surface area contributed by atoms with E-state index in [9.17, 15) is 0 Å². The number of amidine groups is 1. The Kier molecular flexibility index (Phi) is 4.24. The summed E-state index contributed by atoms with van der Waals surface area (Å²) in [6, 6.07) is 16.2. The highest BCUT2D eigenvalue weighted by Crippen LogP contribution is 2.15. The van der Waals surface area contributed by atoms with Crippen molar-refractivity contribution in [2.45, 2.75) is 19.9 Å². The van der Waals surface area contributed by atoms with E-state index in [1.165, 1.54) is 0 Å². The molecule has 0 spiro atoms. The monoisotopic (exact) mass is 304 g/mol. The fraction of sp³-hybridized carbons (Fsp3) is 0.158. The first kappa shape index (κ1) is 15.0. The minimum Gasteiger partial charge on any atom is -0.383 e. The predicted octanol–water partition coefficient (Wildman–Crippen LogP) is 3.85. The third-order valence-corrected chi connectivity index (χ3v) is 3.43. The first-order valence-corrected chi connectivity index (χ1v) is 7.68. The van der Waals surface area contributed by atoms with Crippen LogP contribution in [-0.4, -0.2) is 21.8 Å². The molecule has 1 heterocycles. The number of aliphatic imine (C=N–C) groups is 1. The molecule has 3 N–H and O–H groups in total. The summed E-state index contributed by atoms with van der Waals surface area (Å²) in [5, 5.41) is 0. The molecule has 0 saturated carbocycles. The molecule has 0 aliphatic heterocycles. The van der Waals surface area contributed by atoms with Crippen LogP contribution in [0, 0.1) is 0 Å². The number of benzene rings is 2. The van der Waals surface area contributed by atoms with Gasteiger partial charge in [0.05, 0.1) is 11.0 Å². The lowest BCUT2D eigenvalue weighted by atomic mass is 10.2. The van der Waals surface area contributed by atoms with Crippen LogP contribution in [0.1, 0.15) is 30.8 Å². The van der Waals surface area contributed by atoms with Crippen molar-refractivity contribution in [2.24, 2.45) is 10.7 Å². The van der Waals surface area contributed by atoms with E-state index in [1.54, 1.807) is 0 Å². The second-order valence-electron chi connectivity index (χ2n) is 5.71. The first-order chi connectivity index (χ1) is 11.1. The van der Waals surface area contributed by atoms with Gasteiger partial charge in [-0.2, -0.15) is 0 Å². The Balaban J connectivity index is 1.89. The smallest absolute Gasteiger partial charge is 0.131 e. The van der Waals surface area contributed by atoms with Crippen molar-refractivity contribution in [3.05, 3.63) is 65.5 Å². The highest BCUT2D eigenvalue weighted by Gasteiger charge is 2.05. The molecule has 0 aliphatic carbocycles. The van der Waals surface area contributed by atoms with Crippen LogP contribution in [0.25, 0.3) is 23.2 Å². The number of H-pyrrole nitrogens is 1. The largest absolute Gasteiger partial charge is 0.383 e. The Morgan fingerprint density at radius 1 is 1.13 bits per heavy atom. The average molecular weight is 304 g/mol. The molecule has 1 aromatic heterocycles. The van der Waals surface area contributed by atoms with Gasteiger partial charge in [0.15, 0.2) is 0 Å². The maximum Gasteiger partial charge on any atom is 0.131 e. The zero-order valence-electron chi connectivity index (χ0n) is 13.3. The Bertz CT molecular complexity index is 857. The zero-order chi connectivity index (χ0) is 16.2. The van der Waals surface area contributed by atoms with Gasteiger partial charge in [0.25, 0.3) is 0 Å². The highest BCUT2D eigenvalue weighted by molar-refractivity contribution is 6.00. The summed E-state index contributed by atoms with van der Waals surface area (Å²) in [6.45, 7) is 4.02. The van der Waals surface area contributed by atoms with Crippen molar-refractivity contribution < 1.29 is 0 Å². The Morgan fingerprint density at radius 3 is 2.65 bits per heavy atom. The Labute approximate surface area is 135 Å². The lowest BCUT2D eigenvalue weighted by Crippen LogP contribution is -2.15. The SMILES string of the molecule is CC(C)N=C(N)c1ccc2nc(/C=C/c3ccccc3)[nH]c2c1. The molecule has 0 fully saturated rings. The van der Waals surface area contributed by atoms with Gasteiger partial charge in [0.2, 0.25) is 0 Å². The van der Waals surface area contributed by atoms with Crippen LogP contribution in [0.2, 0.25) is 0 Å². The first-order valence-electron chi connectivity index (χ1n) is 7.68. The van der Waals surface area contributed by atoms with E-state index in [4.69, 9.17) is 5.73 Å². The van der Waals surface area contributed by atoms with Crippen molar-refractivity contribution in [1.29, 1.82) is 0 Å². The number of nitrogens with one attached hydrogen (secondary N) is 1. The van der Waals surface area contributed by atoms with E-state index < -0.39 is 0 Å². The van der Waals surface area contributed by atoms with Gasteiger partial charge in [-0.1, -0.05) is 36.4 Å². The summed E-state index contributed by atoms with van der Waals surface area (Å²) in [4.78, 5) is 12.3. The van der Waals surface area contributed by atoms with E-state index >= 15 is 0 Å². The number of aromatic amines is 1. The lowest BCUT2D eigenvalue weighted by Gasteiger charge is -2.03. The second-order valence-corrected chi connectivity index (χ2v) is 5.71. The van der Waals surface area contributed by atoms with Crippen LogP contribution in [0.3, 0.4) is 0 Å². The lowest BCUT2D eigenvalue weighted by molar-refractivity contribution is 0.834. The van der Waals surface area contributed by atoms with Crippen molar-refractivity contribution >= 4 is 29.0 Å². The number of nitrogens with two attached hydrogens (primary N) is 1. The molecule has 0 unspecified atom stereocenters. The van der Waals surface area contributed by atoms with E-state index in [-0.39, 0.29) is 6.04 Å². The molecule has 3 aromatic rings. The summed E-state index contributed by atoms with van der Waals surface area (Å²) in [5.74, 6) is 1.37. The van der Waals surface area contributed by atoms with E-state index in [0.717, 1.165) is 28.0 Å². The number of hydrogen-bond donors (Lipinski definition) is 2. The number of imidazole rings is 1. The van der Waals surface area contributed by atoms with Gasteiger partial charge in [-0.15, -0.1) is 0 Å². The molecule has 0 atom stereocenters. The molecule has 116 valence electrons. The normalized spacial score (nSPS) is 12.6. The van der Waals surface area contributed by atoms with Gasteiger partial charge in [-0.05, 0) is 43.7 Å². The fourth-order valence-electron chi connectivity index (χ4n) is 2.36. The Hall–Kier alpha value is -2.88. The Morgan fingerprint density at radius 2 is 1.91 bits per heavy atom. The third kappa shape index (κ3) is 3.66. The number of rotatable bonds is 4. The summed E-state index contributed by atoms with van der Waals surface area (Å²) in [7, 11) is 0. The maximum absolute atomic E-state index is 6.03. The highest BCUT2D eigenvalue weighted by atomic mass is 14.9. The molecule has 0 aliphatic rings. The van der Waals surface area contributed by atoms with Gasteiger partial charge in [0, 0.05) is 11.6 Å². The quantitative estimate of drug-likeness (QED) is 0.568. The molecule has 4 nitrogen and oxygen atoms in total. The van der Waals surface area contributed by atoms with Gasteiger partial charge in [0.1, 0.15) is 11.7 Å². The standard InChI is InChI=1S/C19H20N4/c1-13(2)21-19(20)15-9-10-16-17(12-15)23-18(22-16)11-8-14-6-4-3-5-7-14/h3-13H,1-2H3,(H2,20,21)(H,22,23)/b11-8+. The summed E-state index contributed by atoms with van der Waals surface area (Å²) in [6.07, 6.45) is 4.01. The number of fused-ring (bicyclic) bond motifs is 1. The van der Waals surface area contributed by atoms with Gasteiger partial charge in [-0.25, -0.2) is 4.98 Å². The minimum atomic E-state index is 0.178. The predicted molar refractivity (Wildman–Crippen MR) is 97.3 cm³/mol. The van der Waals surface area contributed by atoms with Gasteiger partial charge >= 0.3 is 0 Å². The fourth-order valence-corrected chi connectivity index (χ4v) is 2.36. The number of nitrogens with zero attached hydrogens (tertiary/aromatic N) is 2. The van der Waals surface area contributed by atoms with Crippen molar-refractivity contribution in [3.63, 3.8) is 0 Å². The van der Waals surface area contributed by atoms with E-state index in [1.807, 2.05) is 62.4 Å². The van der Waals surface area contributed by atoms with Crippen molar-refractivity contribution in [3.8, 4) is 0 Å². The number of aromatic nitrogens is 2. The molecule has 23 heavy (non-hydrogen) atoms. The van der Waals surface area contributed by atoms with Gasteiger partial charge in [-0.3, -0.25) is 4.99 Å². The second kappa shape index (κ2) is 6.48. The maximum atomic E-state index is 6.03. The van der Waals surface area contributed by atoms with E-state index in [2.05, 4.69) is 27.1 Å². The summed E-state index contributed by atoms with van der Waals surface area (Å²) >= 11 is 0. The number of hydrogen-bond acceptors (Lipinski definition) is 2. The van der Waals surface area contributed by atoms with Crippen molar-refractivity contribution in [2.75, 3.05) is 0 Å². The topological polar surface area (TPSA) is 67.1 Å². The third-order valence-electron chi connectivity index (χ3n) is 3.43. The van der Waals surface area contributed by atoms with E-state index in [0.29, 0.717) is 5.84 Å². The molecule has 3 rings (SSSR count). The van der Waals surface area contributed by atoms with Crippen LogP contribution in [0.15, 0.2) is 53.5 Å². The average Bonchev–Trinajstić information content (AvgIpc) is 2.95. The van der Waals surface area contributed by atoms with Crippen LogP contribution in [0.5, 0.6) is 0 Å². The molecule has 4 heteroatoms. The van der Waals surface area contributed by atoms with Gasteiger partial charge < -0.3 is 10.7 Å². The van der Waals surface area contributed by atoms with Crippen LogP contribution in [-0.2, 0) is 0 Å². The molecule has 0 radical (unpaired) electrons. The minimum absolute atomic E-state index is 0.178. The molecule has 0 saturated heterocycles.